The van der Waals surface area contributed by atoms with Gasteiger partial charge in [-0.05, 0) is 50.4 Å². The van der Waals surface area contributed by atoms with E-state index in [1.54, 1.807) is 0 Å². The average Bonchev–Trinajstić information content (AvgIpc) is 2.64. The van der Waals surface area contributed by atoms with Crippen LogP contribution >= 0.6 is 24.0 Å². The maximum Gasteiger partial charge on any atom is 0.191 e. The van der Waals surface area contributed by atoms with Crippen LogP contribution in [0.1, 0.15) is 43.7 Å². The summed E-state index contributed by atoms with van der Waals surface area (Å²) < 4.78 is 22.4. The van der Waals surface area contributed by atoms with E-state index in [1.165, 1.54) is 49.7 Å². The molecule has 0 spiro atoms. The second kappa shape index (κ2) is 13.4. The van der Waals surface area contributed by atoms with E-state index in [0.29, 0.717) is 19.5 Å². The van der Waals surface area contributed by atoms with Crippen molar-refractivity contribution in [2.24, 2.45) is 4.99 Å². The van der Waals surface area contributed by atoms with E-state index in [4.69, 9.17) is 0 Å². The highest BCUT2D eigenvalue weighted by Gasteiger charge is 2.10. The Balaban J connectivity index is 0.00000392. The topological polar surface area (TPSA) is 73.8 Å². The van der Waals surface area contributed by atoms with Gasteiger partial charge in [-0.3, -0.25) is 4.90 Å². The molecule has 0 aliphatic carbocycles. The van der Waals surface area contributed by atoms with E-state index in [9.17, 15) is 8.42 Å². The fourth-order valence-electron chi connectivity index (χ4n) is 3.18. The van der Waals surface area contributed by atoms with Crippen molar-refractivity contribution in [3.8, 4) is 0 Å². The van der Waals surface area contributed by atoms with Crippen LogP contribution in [-0.2, 0) is 22.9 Å². The molecule has 1 fully saturated rings. The third-order valence-corrected chi connectivity index (χ3v) is 5.66. The van der Waals surface area contributed by atoms with Crippen molar-refractivity contribution in [1.29, 1.82) is 0 Å². The number of hydrogen-bond donors (Lipinski definition) is 2. The summed E-state index contributed by atoms with van der Waals surface area (Å²) in [6.45, 7) is 7.44. The lowest BCUT2D eigenvalue weighted by molar-refractivity contribution is 0.221. The number of nitrogens with one attached hydrogen (secondary N) is 2. The van der Waals surface area contributed by atoms with Crippen molar-refractivity contribution >= 4 is 39.8 Å². The summed E-state index contributed by atoms with van der Waals surface area (Å²) in [4.78, 5) is 7.13. The minimum absolute atomic E-state index is 0. The summed E-state index contributed by atoms with van der Waals surface area (Å²) in [6.07, 6.45) is 5.84. The van der Waals surface area contributed by atoms with Crippen LogP contribution in [0.5, 0.6) is 0 Å². The van der Waals surface area contributed by atoms with Crippen LogP contribution in [0.15, 0.2) is 29.3 Å². The Hall–Kier alpha value is -0.870. The van der Waals surface area contributed by atoms with E-state index in [0.717, 1.165) is 19.0 Å². The molecule has 2 N–H and O–H groups in total. The molecule has 1 aromatic rings. The SMILES string of the molecule is CCNC(=NCc1ccc(CN2CCCCC2)cc1)NCCCS(C)(=O)=O.I. The molecule has 1 saturated heterocycles. The Labute approximate surface area is 187 Å². The van der Waals surface area contributed by atoms with Crippen molar-refractivity contribution < 1.29 is 8.42 Å². The molecule has 0 unspecified atom stereocenters. The van der Waals surface area contributed by atoms with Crippen LogP contribution in [0.3, 0.4) is 0 Å². The zero-order valence-corrected chi connectivity index (χ0v) is 20.3. The maximum absolute atomic E-state index is 11.2. The summed E-state index contributed by atoms with van der Waals surface area (Å²) in [5.74, 6) is 0.918. The largest absolute Gasteiger partial charge is 0.357 e. The van der Waals surface area contributed by atoms with Gasteiger partial charge in [0.2, 0.25) is 0 Å². The second-order valence-corrected chi connectivity index (χ2v) is 9.52. The summed E-state index contributed by atoms with van der Waals surface area (Å²) >= 11 is 0. The number of halogens is 1. The molecule has 0 atom stereocenters. The molecule has 1 aliphatic heterocycles. The lowest BCUT2D eigenvalue weighted by Crippen LogP contribution is -2.38. The molecule has 0 aromatic heterocycles. The van der Waals surface area contributed by atoms with Gasteiger partial charge in [-0.1, -0.05) is 30.7 Å². The fourth-order valence-corrected chi connectivity index (χ4v) is 3.85. The van der Waals surface area contributed by atoms with Gasteiger partial charge in [0.1, 0.15) is 9.84 Å². The molecule has 0 amide bonds. The normalized spacial score (nSPS) is 15.7. The van der Waals surface area contributed by atoms with Gasteiger partial charge in [0.25, 0.3) is 0 Å². The predicted molar refractivity (Wildman–Crippen MR) is 128 cm³/mol. The number of piperidine rings is 1. The lowest BCUT2D eigenvalue weighted by atomic mass is 10.1. The van der Waals surface area contributed by atoms with Crippen molar-refractivity contribution in [2.75, 3.05) is 38.2 Å². The van der Waals surface area contributed by atoms with Crippen LogP contribution in [0.25, 0.3) is 0 Å². The molecule has 2 rings (SSSR count). The summed E-state index contributed by atoms with van der Waals surface area (Å²) in [6, 6.07) is 8.70. The number of sulfone groups is 1. The maximum atomic E-state index is 11.2. The fraction of sp³-hybridized carbons (Fsp3) is 0.650. The van der Waals surface area contributed by atoms with Gasteiger partial charge in [-0.2, -0.15) is 0 Å². The zero-order chi connectivity index (χ0) is 19.5. The number of aliphatic imine (C=N–C) groups is 1. The Morgan fingerprint density at radius 1 is 1.07 bits per heavy atom. The summed E-state index contributed by atoms with van der Waals surface area (Å²) in [5.41, 5.74) is 2.53. The van der Waals surface area contributed by atoms with Crippen LogP contribution in [-0.4, -0.2) is 57.5 Å². The highest BCUT2D eigenvalue weighted by molar-refractivity contribution is 14.0. The summed E-state index contributed by atoms with van der Waals surface area (Å²) in [7, 11) is -2.91. The van der Waals surface area contributed by atoms with Crippen molar-refractivity contribution in [3.63, 3.8) is 0 Å². The molecular formula is C20H35IN4O2S. The van der Waals surface area contributed by atoms with Crippen LogP contribution < -0.4 is 10.6 Å². The number of rotatable bonds is 9. The van der Waals surface area contributed by atoms with Gasteiger partial charge in [-0.15, -0.1) is 24.0 Å². The molecule has 0 saturated carbocycles. The Bertz CT molecular complexity index is 687. The van der Waals surface area contributed by atoms with Crippen LogP contribution in [0.2, 0.25) is 0 Å². The van der Waals surface area contributed by atoms with Gasteiger partial charge in [0.05, 0.1) is 12.3 Å². The standard InChI is InChI=1S/C20H34N4O2S.HI/c1-3-21-20(22-12-7-15-27(2,25)26)23-16-18-8-10-19(11-9-18)17-24-13-5-4-6-14-24;/h8-11H,3-7,12-17H2,1-2H3,(H2,21,22,23);1H. The predicted octanol–water partition coefficient (Wildman–Crippen LogP) is 2.78. The number of nitrogens with zero attached hydrogens (tertiary/aromatic N) is 2. The van der Waals surface area contributed by atoms with E-state index in [1.807, 2.05) is 6.92 Å². The van der Waals surface area contributed by atoms with Crippen molar-refractivity contribution in [1.82, 2.24) is 15.5 Å². The molecular weight excluding hydrogens is 487 g/mol. The quantitative estimate of drug-likeness (QED) is 0.226. The molecule has 1 aromatic carbocycles. The molecule has 8 heteroatoms. The van der Waals surface area contributed by atoms with Crippen LogP contribution in [0, 0.1) is 0 Å². The second-order valence-electron chi connectivity index (χ2n) is 7.26. The first-order valence-electron chi connectivity index (χ1n) is 9.96. The van der Waals surface area contributed by atoms with E-state index in [-0.39, 0.29) is 29.7 Å². The number of guanidine groups is 1. The molecule has 1 heterocycles. The highest BCUT2D eigenvalue weighted by Crippen LogP contribution is 2.14. The molecule has 0 radical (unpaired) electrons. The minimum atomic E-state index is -2.91. The van der Waals surface area contributed by atoms with Gasteiger partial charge < -0.3 is 10.6 Å². The van der Waals surface area contributed by atoms with Crippen LogP contribution in [0.4, 0.5) is 0 Å². The summed E-state index contributed by atoms with van der Waals surface area (Å²) in [5, 5.41) is 6.40. The Morgan fingerprint density at radius 2 is 1.71 bits per heavy atom. The van der Waals surface area contributed by atoms with E-state index >= 15 is 0 Å². The van der Waals surface area contributed by atoms with Gasteiger partial charge in [0.15, 0.2) is 5.96 Å². The molecule has 160 valence electrons. The molecule has 0 bridgehead atoms. The minimum Gasteiger partial charge on any atom is -0.357 e. The van der Waals surface area contributed by atoms with Crippen molar-refractivity contribution in [3.05, 3.63) is 35.4 Å². The van der Waals surface area contributed by atoms with Gasteiger partial charge in [-0.25, -0.2) is 13.4 Å². The Morgan fingerprint density at radius 3 is 2.32 bits per heavy atom. The first kappa shape index (κ1) is 25.2. The number of hydrogen-bond acceptors (Lipinski definition) is 4. The number of benzene rings is 1. The third-order valence-electron chi connectivity index (χ3n) is 4.63. The molecule has 28 heavy (non-hydrogen) atoms. The lowest BCUT2D eigenvalue weighted by Gasteiger charge is -2.26. The zero-order valence-electron chi connectivity index (χ0n) is 17.1. The van der Waals surface area contributed by atoms with E-state index in [2.05, 4.69) is 44.8 Å². The Kier molecular flexibility index (Phi) is 12.0. The molecule has 6 nitrogen and oxygen atoms in total. The first-order valence-corrected chi connectivity index (χ1v) is 12.0. The van der Waals surface area contributed by atoms with Crippen molar-refractivity contribution in [2.45, 2.75) is 45.7 Å². The van der Waals surface area contributed by atoms with Gasteiger partial charge in [0, 0.05) is 25.9 Å². The van der Waals surface area contributed by atoms with Gasteiger partial charge >= 0.3 is 0 Å². The first-order chi connectivity index (χ1) is 13.0. The third kappa shape index (κ3) is 10.6. The average molecular weight is 522 g/mol. The highest BCUT2D eigenvalue weighted by atomic mass is 127. The monoisotopic (exact) mass is 522 g/mol. The number of likely N-dealkylation sites (tertiary alicyclic amines) is 1. The smallest absolute Gasteiger partial charge is 0.191 e. The van der Waals surface area contributed by atoms with E-state index < -0.39 is 9.84 Å². The molecule has 1 aliphatic rings.